The molecule has 2 N–H and O–H groups in total. The maximum atomic E-state index is 12.1. The molecule has 0 spiro atoms. The minimum absolute atomic E-state index is 0.0209. The molecule has 4 heteroatoms. The molecule has 0 saturated carbocycles. The maximum Gasteiger partial charge on any atom is 0.223 e. The highest BCUT2D eigenvalue weighted by Crippen LogP contribution is 2.19. The van der Waals surface area contributed by atoms with Crippen molar-refractivity contribution in [3.8, 4) is 0 Å². The van der Waals surface area contributed by atoms with Crippen LogP contribution in [-0.2, 0) is 4.79 Å². The third kappa shape index (κ3) is 4.92. The van der Waals surface area contributed by atoms with Crippen LogP contribution >= 0.6 is 12.2 Å². The van der Waals surface area contributed by atoms with Crippen LogP contribution in [0.15, 0.2) is 0 Å². The van der Waals surface area contributed by atoms with Gasteiger partial charge in [-0.15, -0.1) is 0 Å². The lowest BCUT2D eigenvalue weighted by atomic mass is 10.1. The first-order valence-electron chi connectivity index (χ1n) is 7.25. The van der Waals surface area contributed by atoms with Crippen LogP contribution in [0.3, 0.4) is 0 Å². The van der Waals surface area contributed by atoms with Crippen LogP contribution in [0, 0.1) is 0 Å². The van der Waals surface area contributed by atoms with Gasteiger partial charge in [0.25, 0.3) is 0 Å². The lowest BCUT2D eigenvalue weighted by Gasteiger charge is -2.23. The van der Waals surface area contributed by atoms with E-state index in [1.54, 1.807) is 0 Å². The first kappa shape index (κ1) is 15.4. The number of nitrogens with zero attached hydrogens (tertiary/aromatic N) is 1. The fourth-order valence-electron chi connectivity index (χ4n) is 2.56. The van der Waals surface area contributed by atoms with Crippen molar-refractivity contribution in [3.05, 3.63) is 0 Å². The summed E-state index contributed by atoms with van der Waals surface area (Å²) in [7, 11) is 0. The first-order chi connectivity index (χ1) is 8.66. The van der Waals surface area contributed by atoms with E-state index in [1.165, 1.54) is 25.7 Å². The molecule has 1 aliphatic heterocycles. The van der Waals surface area contributed by atoms with Crippen molar-refractivity contribution in [2.45, 2.75) is 70.8 Å². The average Bonchev–Trinajstić information content (AvgIpc) is 2.82. The second-order valence-corrected chi connectivity index (χ2v) is 5.64. The number of carbonyl (C=O) groups excluding carboxylic acids is 1. The Morgan fingerprint density at radius 3 is 2.61 bits per heavy atom. The Morgan fingerprint density at radius 1 is 1.28 bits per heavy atom. The minimum Gasteiger partial charge on any atom is -0.392 e. The number of thiocarbonyl (C=S) groups is 1. The third-order valence-corrected chi connectivity index (χ3v) is 3.92. The van der Waals surface area contributed by atoms with Gasteiger partial charge in [0.05, 0.1) is 11.0 Å². The molecule has 1 atom stereocenters. The van der Waals surface area contributed by atoms with E-state index in [1.807, 2.05) is 4.90 Å². The maximum absolute atomic E-state index is 12.1. The first-order valence-corrected chi connectivity index (χ1v) is 7.66. The number of likely N-dealkylation sites (tertiary alicyclic amines) is 1. The molecule has 1 aliphatic rings. The highest BCUT2D eigenvalue weighted by Gasteiger charge is 2.29. The Labute approximate surface area is 116 Å². The molecule has 0 aliphatic carbocycles. The molecule has 1 heterocycles. The topological polar surface area (TPSA) is 46.3 Å². The highest BCUT2D eigenvalue weighted by molar-refractivity contribution is 7.80. The number of carbonyl (C=O) groups is 1. The highest BCUT2D eigenvalue weighted by atomic mass is 32.1. The van der Waals surface area contributed by atoms with Gasteiger partial charge in [-0.2, -0.15) is 0 Å². The van der Waals surface area contributed by atoms with Gasteiger partial charge in [0, 0.05) is 13.0 Å². The van der Waals surface area contributed by atoms with Gasteiger partial charge in [0.15, 0.2) is 0 Å². The van der Waals surface area contributed by atoms with Gasteiger partial charge in [0.2, 0.25) is 5.91 Å². The van der Waals surface area contributed by atoms with Crippen molar-refractivity contribution in [2.75, 3.05) is 6.54 Å². The van der Waals surface area contributed by atoms with Gasteiger partial charge >= 0.3 is 0 Å². The lowest BCUT2D eigenvalue weighted by Crippen LogP contribution is -2.42. The number of hydrogen-bond acceptors (Lipinski definition) is 2. The van der Waals surface area contributed by atoms with Crippen LogP contribution in [-0.4, -0.2) is 28.4 Å². The van der Waals surface area contributed by atoms with Crippen LogP contribution in [0.5, 0.6) is 0 Å². The molecule has 0 bridgehead atoms. The number of rotatable bonds is 8. The van der Waals surface area contributed by atoms with Gasteiger partial charge in [-0.1, -0.05) is 51.2 Å². The summed E-state index contributed by atoms with van der Waals surface area (Å²) in [4.78, 5) is 14.4. The predicted molar refractivity (Wildman–Crippen MR) is 79.5 cm³/mol. The van der Waals surface area contributed by atoms with Crippen LogP contribution in [0.2, 0.25) is 0 Å². The van der Waals surface area contributed by atoms with Crippen molar-refractivity contribution >= 4 is 23.1 Å². The molecule has 1 saturated heterocycles. The largest absolute Gasteiger partial charge is 0.392 e. The Kier molecular flexibility index (Phi) is 7.25. The van der Waals surface area contributed by atoms with Crippen molar-refractivity contribution in [1.82, 2.24) is 4.90 Å². The molecule has 0 aromatic heterocycles. The monoisotopic (exact) mass is 270 g/mol. The van der Waals surface area contributed by atoms with E-state index in [-0.39, 0.29) is 11.9 Å². The third-order valence-electron chi connectivity index (χ3n) is 3.65. The van der Waals surface area contributed by atoms with Crippen LogP contribution in [0.25, 0.3) is 0 Å². The zero-order valence-electron chi connectivity index (χ0n) is 11.5. The zero-order valence-corrected chi connectivity index (χ0v) is 12.3. The summed E-state index contributed by atoms with van der Waals surface area (Å²) in [5.74, 6) is 0.237. The standard InChI is InChI=1S/C14H26N2OS/c1-2-3-4-5-6-7-10-13(17)16-11-8-9-12(16)14(15)18/h12H,2-11H2,1H3,(H2,15,18). The smallest absolute Gasteiger partial charge is 0.223 e. The molecule has 1 unspecified atom stereocenters. The number of amides is 1. The predicted octanol–water partition coefficient (Wildman–Crippen LogP) is 3.01. The molecule has 3 nitrogen and oxygen atoms in total. The fourth-order valence-corrected chi connectivity index (χ4v) is 2.81. The normalized spacial score (nSPS) is 19.2. The summed E-state index contributed by atoms with van der Waals surface area (Å²) in [5.41, 5.74) is 5.67. The fraction of sp³-hybridized carbons (Fsp3) is 0.857. The molecule has 1 amide bonds. The van der Waals surface area contributed by atoms with E-state index in [0.29, 0.717) is 11.4 Å². The van der Waals surface area contributed by atoms with E-state index in [4.69, 9.17) is 18.0 Å². The zero-order chi connectivity index (χ0) is 13.4. The Bertz CT molecular complexity index is 281. The minimum atomic E-state index is 0.0209. The molecule has 0 aromatic carbocycles. The van der Waals surface area contributed by atoms with Crippen LogP contribution in [0.1, 0.15) is 64.7 Å². The summed E-state index contributed by atoms with van der Waals surface area (Å²) >= 11 is 5.02. The summed E-state index contributed by atoms with van der Waals surface area (Å²) < 4.78 is 0. The lowest BCUT2D eigenvalue weighted by molar-refractivity contribution is -0.131. The Morgan fingerprint density at radius 2 is 1.94 bits per heavy atom. The van der Waals surface area contributed by atoms with E-state index in [0.717, 1.165) is 32.2 Å². The Hall–Kier alpha value is -0.640. The molecule has 1 rings (SSSR count). The van der Waals surface area contributed by atoms with Crippen molar-refractivity contribution in [3.63, 3.8) is 0 Å². The van der Waals surface area contributed by atoms with Gasteiger partial charge in [-0.25, -0.2) is 0 Å². The average molecular weight is 270 g/mol. The molecule has 0 aromatic rings. The molecular formula is C14H26N2OS. The number of nitrogens with two attached hydrogens (primary N) is 1. The van der Waals surface area contributed by atoms with Crippen molar-refractivity contribution in [1.29, 1.82) is 0 Å². The van der Waals surface area contributed by atoms with Crippen LogP contribution < -0.4 is 5.73 Å². The summed E-state index contributed by atoms with van der Waals surface area (Å²) in [6.07, 6.45) is 9.92. The van der Waals surface area contributed by atoms with Gasteiger partial charge < -0.3 is 10.6 Å². The summed E-state index contributed by atoms with van der Waals surface area (Å²) in [5, 5.41) is 0. The van der Waals surface area contributed by atoms with E-state index < -0.39 is 0 Å². The quantitative estimate of drug-likeness (QED) is 0.545. The molecule has 104 valence electrons. The SMILES string of the molecule is CCCCCCCCC(=O)N1CCCC1C(N)=S. The van der Waals surface area contributed by atoms with Gasteiger partial charge in [0.1, 0.15) is 0 Å². The van der Waals surface area contributed by atoms with Crippen molar-refractivity contribution < 1.29 is 4.79 Å². The number of unbranched alkanes of at least 4 members (excludes halogenated alkanes) is 5. The van der Waals surface area contributed by atoms with E-state index >= 15 is 0 Å². The van der Waals surface area contributed by atoms with Gasteiger partial charge in [-0.3, -0.25) is 4.79 Å². The van der Waals surface area contributed by atoms with E-state index in [9.17, 15) is 4.79 Å². The molecule has 18 heavy (non-hydrogen) atoms. The molecular weight excluding hydrogens is 244 g/mol. The van der Waals surface area contributed by atoms with E-state index in [2.05, 4.69) is 6.92 Å². The van der Waals surface area contributed by atoms with Crippen LogP contribution in [0.4, 0.5) is 0 Å². The second kappa shape index (κ2) is 8.46. The summed E-state index contributed by atoms with van der Waals surface area (Å²) in [6, 6.07) is 0.0209. The number of hydrogen-bond donors (Lipinski definition) is 1. The molecule has 1 fully saturated rings. The summed E-state index contributed by atoms with van der Waals surface area (Å²) in [6.45, 7) is 3.05. The van der Waals surface area contributed by atoms with Crippen molar-refractivity contribution in [2.24, 2.45) is 5.73 Å². The Balaban J connectivity index is 2.18. The van der Waals surface area contributed by atoms with Gasteiger partial charge in [-0.05, 0) is 19.3 Å². The second-order valence-electron chi connectivity index (χ2n) is 5.17. The molecule has 0 radical (unpaired) electrons.